The fraction of sp³-hybridized carbons (Fsp3) is 0.800. The molecule has 2 rings (SSSR count). The third-order valence-electron chi connectivity index (χ3n) is 2.13. The largest absolute Gasteiger partial charge is 0.315 e. The van der Waals surface area contributed by atoms with E-state index in [9.17, 15) is 9.59 Å². The summed E-state index contributed by atoms with van der Waals surface area (Å²) < 4.78 is 0. The van der Waals surface area contributed by atoms with Crippen molar-refractivity contribution < 1.29 is 9.59 Å². The number of carbonyl (C=O) groups excluding carboxylic acids is 2. The van der Waals surface area contributed by atoms with Gasteiger partial charge in [-0.05, 0) is 0 Å². The highest BCUT2D eigenvalue weighted by atomic mass is 16.2. The molecule has 14 heavy (non-hydrogen) atoms. The van der Waals surface area contributed by atoms with Gasteiger partial charge >= 0.3 is 0 Å². The summed E-state index contributed by atoms with van der Waals surface area (Å²) >= 11 is 0. The Labute approximate surface area is 85.4 Å². The Hall–Kier alpha value is -0.900. The number of amides is 2. The molecule has 0 aromatic carbocycles. The molecule has 2 fully saturated rings. The van der Waals surface area contributed by atoms with Gasteiger partial charge in [0.05, 0.1) is 11.8 Å². The molecule has 0 radical (unpaired) electrons. The summed E-state index contributed by atoms with van der Waals surface area (Å²) in [7, 11) is 0. The zero-order valence-electron chi connectivity index (χ0n) is 9.39. The summed E-state index contributed by atoms with van der Waals surface area (Å²) in [6.07, 6.45) is 0. The molecule has 2 N–H and O–H groups in total. The Morgan fingerprint density at radius 1 is 0.929 bits per heavy atom. The number of rotatable bonds is 0. The Balaban J connectivity index is 0.000000379. The van der Waals surface area contributed by atoms with Crippen LogP contribution in [0.25, 0.3) is 0 Å². The van der Waals surface area contributed by atoms with Crippen molar-refractivity contribution in [1.29, 1.82) is 0 Å². The average molecular weight is 200 g/mol. The lowest BCUT2D eigenvalue weighted by Gasteiger charge is -1.97. The summed E-state index contributed by atoms with van der Waals surface area (Å²) in [4.78, 5) is 21.8. The second kappa shape index (κ2) is 6.54. The van der Waals surface area contributed by atoms with Crippen LogP contribution in [0.2, 0.25) is 0 Å². The predicted molar refractivity (Wildman–Crippen MR) is 55.7 cm³/mol. The molecule has 0 aliphatic carbocycles. The van der Waals surface area contributed by atoms with E-state index in [0.717, 1.165) is 0 Å². The zero-order valence-corrected chi connectivity index (χ0v) is 9.39. The number of carbonyl (C=O) groups is 2. The number of hydrogen-bond acceptors (Lipinski definition) is 3. The van der Waals surface area contributed by atoms with E-state index in [-0.39, 0.29) is 23.7 Å². The van der Waals surface area contributed by atoms with E-state index in [2.05, 4.69) is 10.6 Å². The molecule has 0 aromatic heterocycles. The van der Waals surface area contributed by atoms with Crippen molar-refractivity contribution >= 4 is 11.8 Å². The molecule has 0 spiro atoms. The third kappa shape index (κ3) is 2.54. The Morgan fingerprint density at radius 2 is 1.29 bits per heavy atom. The van der Waals surface area contributed by atoms with Crippen LogP contribution in [-0.2, 0) is 9.59 Å². The minimum absolute atomic E-state index is 0.0903. The van der Waals surface area contributed by atoms with Crippen LogP contribution in [0.4, 0.5) is 0 Å². The van der Waals surface area contributed by atoms with Gasteiger partial charge in [0.15, 0.2) is 0 Å². The second-order valence-corrected chi connectivity index (χ2v) is 2.72. The normalized spacial score (nSPS) is 28.0. The number of nitrogens with one attached hydrogen (secondary N) is 2. The van der Waals surface area contributed by atoms with E-state index < -0.39 is 0 Å². The van der Waals surface area contributed by atoms with Crippen LogP contribution < -0.4 is 10.6 Å². The first-order chi connectivity index (χ1) is 6.79. The van der Waals surface area contributed by atoms with Gasteiger partial charge in [0.1, 0.15) is 0 Å². The molecule has 2 amide bonds. The van der Waals surface area contributed by atoms with Crippen molar-refractivity contribution in [3.8, 4) is 0 Å². The molecule has 2 heterocycles. The van der Waals surface area contributed by atoms with Crippen molar-refractivity contribution in [1.82, 2.24) is 10.6 Å². The molecule has 0 saturated carbocycles. The zero-order chi connectivity index (χ0) is 11.1. The van der Waals surface area contributed by atoms with E-state index in [4.69, 9.17) is 0 Å². The van der Waals surface area contributed by atoms with Gasteiger partial charge in [-0.15, -0.1) is 0 Å². The van der Waals surface area contributed by atoms with Crippen LogP contribution >= 0.6 is 0 Å². The van der Waals surface area contributed by atoms with Crippen molar-refractivity contribution in [3.05, 3.63) is 0 Å². The third-order valence-corrected chi connectivity index (χ3v) is 2.13. The first-order valence-electron chi connectivity index (χ1n) is 5.34. The Bertz CT molecular complexity index is 184. The number of hydrogen-bond donors (Lipinski definition) is 2. The van der Waals surface area contributed by atoms with Gasteiger partial charge in [-0.25, -0.2) is 0 Å². The summed E-state index contributed by atoms with van der Waals surface area (Å²) in [5.74, 6) is -0.403. The minimum Gasteiger partial charge on any atom is -0.315 e. The molecule has 0 bridgehead atoms. The molecule has 82 valence electrons. The van der Waals surface area contributed by atoms with Crippen LogP contribution in [-0.4, -0.2) is 24.9 Å². The summed E-state index contributed by atoms with van der Waals surface area (Å²) in [6.45, 7) is 9.31. The van der Waals surface area contributed by atoms with Crippen LogP contribution in [0.15, 0.2) is 0 Å². The van der Waals surface area contributed by atoms with Crippen molar-refractivity contribution in [2.75, 3.05) is 13.1 Å². The molecule has 2 unspecified atom stereocenters. The van der Waals surface area contributed by atoms with Crippen LogP contribution in [0.1, 0.15) is 27.7 Å². The highest BCUT2D eigenvalue weighted by Gasteiger charge is 2.44. The van der Waals surface area contributed by atoms with Gasteiger partial charge in [-0.1, -0.05) is 27.7 Å². The van der Waals surface area contributed by atoms with E-state index >= 15 is 0 Å². The molecular weight excluding hydrogens is 180 g/mol. The van der Waals surface area contributed by atoms with Crippen molar-refractivity contribution in [2.24, 2.45) is 11.8 Å². The Kier molecular flexibility index (Phi) is 6.12. The molecule has 4 nitrogen and oxygen atoms in total. The van der Waals surface area contributed by atoms with Crippen LogP contribution in [0.3, 0.4) is 0 Å². The molecule has 2 aliphatic rings. The summed E-state index contributed by atoms with van der Waals surface area (Å²) in [6, 6.07) is 0. The number of imide groups is 1. The quantitative estimate of drug-likeness (QED) is 0.561. The van der Waals surface area contributed by atoms with Gasteiger partial charge < -0.3 is 5.32 Å². The lowest BCUT2D eigenvalue weighted by molar-refractivity contribution is -0.126. The lowest BCUT2D eigenvalue weighted by Crippen LogP contribution is -2.28. The fourth-order valence-corrected chi connectivity index (χ4v) is 1.54. The van der Waals surface area contributed by atoms with Crippen LogP contribution in [0, 0.1) is 11.8 Å². The standard InChI is InChI=1S/C6H8N2O2.2C2H6/c9-5-3-1-7-2-4(3)6(10)8-5;2*1-2/h3-4,7H,1-2H2,(H,8,9,10);2*1-2H3. The molecule has 2 aliphatic heterocycles. The SMILES string of the molecule is CC.CC.O=C1NC(=O)C2CNCC12. The molecular formula is C10H20N2O2. The summed E-state index contributed by atoms with van der Waals surface area (Å²) in [5.41, 5.74) is 0. The minimum atomic E-state index is -0.111. The van der Waals surface area contributed by atoms with Gasteiger partial charge in [0.25, 0.3) is 0 Å². The fourth-order valence-electron chi connectivity index (χ4n) is 1.54. The van der Waals surface area contributed by atoms with E-state index in [1.165, 1.54) is 0 Å². The van der Waals surface area contributed by atoms with Crippen molar-refractivity contribution in [3.63, 3.8) is 0 Å². The maximum Gasteiger partial charge on any atom is 0.231 e. The highest BCUT2D eigenvalue weighted by molar-refractivity contribution is 6.05. The lowest BCUT2D eigenvalue weighted by atomic mass is 10.00. The monoisotopic (exact) mass is 200 g/mol. The van der Waals surface area contributed by atoms with E-state index in [1.807, 2.05) is 27.7 Å². The first kappa shape index (κ1) is 13.1. The van der Waals surface area contributed by atoms with Gasteiger partial charge in [0.2, 0.25) is 11.8 Å². The average Bonchev–Trinajstić information content (AvgIpc) is 2.80. The van der Waals surface area contributed by atoms with E-state index in [1.54, 1.807) is 0 Å². The van der Waals surface area contributed by atoms with Gasteiger partial charge in [0, 0.05) is 13.1 Å². The smallest absolute Gasteiger partial charge is 0.231 e. The first-order valence-corrected chi connectivity index (χ1v) is 5.34. The number of fused-ring (bicyclic) bond motifs is 1. The van der Waals surface area contributed by atoms with Crippen molar-refractivity contribution in [2.45, 2.75) is 27.7 Å². The maximum absolute atomic E-state index is 10.9. The van der Waals surface area contributed by atoms with Crippen LogP contribution in [0.5, 0.6) is 0 Å². The van der Waals surface area contributed by atoms with E-state index in [0.29, 0.717) is 13.1 Å². The molecule has 2 saturated heterocycles. The highest BCUT2D eigenvalue weighted by Crippen LogP contribution is 2.21. The summed E-state index contributed by atoms with van der Waals surface area (Å²) in [5, 5.41) is 5.30. The topological polar surface area (TPSA) is 58.2 Å². The molecule has 0 aromatic rings. The Morgan fingerprint density at radius 3 is 1.64 bits per heavy atom. The van der Waals surface area contributed by atoms with Gasteiger partial charge in [-0.3, -0.25) is 14.9 Å². The van der Waals surface area contributed by atoms with Gasteiger partial charge in [-0.2, -0.15) is 0 Å². The molecule has 4 heteroatoms. The maximum atomic E-state index is 10.9. The second-order valence-electron chi connectivity index (χ2n) is 2.72. The predicted octanol–water partition coefficient (Wildman–Crippen LogP) is 0.531. The molecule has 2 atom stereocenters.